The minimum absolute atomic E-state index is 0.0658. The maximum Gasteiger partial charge on any atom is 0.290 e. The molecule has 0 saturated heterocycles. The van der Waals surface area contributed by atoms with Crippen molar-refractivity contribution < 1.29 is 8.42 Å². The fraction of sp³-hybridized carbons (Fsp3) is 0.625. The summed E-state index contributed by atoms with van der Waals surface area (Å²) in [5.41, 5.74) is 6.02. The SMILES string of the molecule is Cc1c(N)c(=O)n(CCS(C)(=O)=O)n1C. The van der Waals surface area contributed by atoms with Gasteiger partial charge in [0.15, 0.2) is 0 Å². The zero-order valence-corrected chi connectivity index (χ0v) is 9.84. The van der Waals surface area contributed by atoms with Crippen molar-refractivity contribution in [1.29, 1.82) is 0 Å². The number of rotatable bonds is 3. The summed E-state index contributed by atoms with van der Waals surface area (Å²) >= 11 is 0. The molecule has 0 aliphatic carbocycles. The van der Waals surface area contributed by atoms with E-state index in [1.807, 2.05) is 0 Å². The molecule has 7 heteroatoms. The Kier molecular flexibility index (Phi) is 2.94. The summed E-state index contributed by atoms with van der Waals surface area (Å²) in [6, 6.07) is 0. The quantitative estimate of drug-likeness (QED) is 0.734. The fourth-order valence-electron chi connectivity index (χ4n) is 1.29. The number of nitrogens with zero attached hydrogens (tertiary/aromatic N) is 2. The summed E-state index contributed by atoms with van der Waals surface area (Å²) in [5, 5.41) is 0. The Balaban J connectivity index is 3.07. The van der Waals surface area contributed by atoms with Crippen LogP contribution < -0.4 is 11.3 Å². The third-order valence-electron chi connectivity index (χ3n) is 2.38. The molecule has 1 aromatic heterocycles. The van der Waals surface area contributed by atoms with Gasteiger partial charge < -0.3 is 5.73 Å². The second-order valence-corrected chi connectivity index (χ2v) is 5.84. The van der Waals surface area contributed by atoms with Crippen molar-refractivity contribution in [1.82, 2.24) is 9.36 Å². The highest BCUT2D eigenvalue weighted by molar-refractivity contribution is 7.90. The van der Waals surface area contributed by atoms with Crippen LogP contribution in [0, 0.1) is 6.92 Å². The van der Waals surface area contributed by atoms with Gasteiger partial charge in [-0.1, -0.05) is 0 Å². The van der Waals surface area contributed by atoms with E-state index in [0.717, 1.165) is 6.26 Å². The van der Waals surface area contributed by atoms with Gasteiger partial charge >= 0.3 is 0 Å². The molecule has 0 spiro atoms. The molecule has 0 amide bonds. The molecule has 0 fully saturated rings. The van der Waals surface area contributed by atoms with Crippen molar-refractivity contribution >= 4 is 15.5 Å². The molecule has 0 aliphatic rings. The Morgan fingerprint density at radius 2 is 1.93 bits per heavy atom. The average molecular weight is 233 g/mol. The topological polar surface area (TPSA) is 87.1 Å². The predicted octanol–water partition coefficient (Wildman–Crippen LogP) is -0.878. The van der Waals surface area contributed by atoms with Gasteiger partial charge in [-0.2, -0.15) is 0 Å². The van der Waals surface area contributed by atoms with Gasteiger partial charge in [0.2, 0.25) is 0 Å². The van der Waals surface area contributed by atoms with Gasteiger partial charge in [-0.25, -0.2) is 13.1 Å². The Hall–Kier alpha value is -1.24. The van der Waals surface area contributed by atoms with E-state index in [2.05, 4.69) is 0 Å². The lowest BCUT2D eigenvalue weighted by atomic mass is 10.4. The summed E-state index contributed by atoms with van der Waals surface area (Å²) in [5.74, 6) is -0.0658. The number of sulfone groups is 1. The standard InChI is InChI=1S/C8H15N3O3S/c1-6-7(9)8(12)11(10(6)2)4-5-15(3,13)14/h4-5,9H2,1-3H3. The highest BCUT2D eigenvalue weighted by Crippen LogP contribution is 2.04. The van der Waals surface area contributed by atoms with E-state index in [0.29, 0.717) is 5.69 Å². The van der Waals surface area contributed by atoms with Crippen LogP contribution in [0.2, 0.25) is 0 Å². The first-order valence-electron chi connectivity index (χ1n) is 4.43. The van der Waals surface area contributed by atoms with Gasteiger partial charge in [-0.15, -0.1) is 0 Å². The molecular weight excluding hydrogens is 218 g/mol. The highest BCUT2D eigenvalue weighted by Gasteiger charge is 2.12. The molecule has 1 aromatic rings. The largest absolute Gasteiger partial charge is 0.393 e. The Bertz CT molecular complexity index is 524. The number of nitrogen functional groups attached to an aromatic ring is 1. The molecule has 0 atom stereocenters. The smallest absolute Gasteiger partial charge is 0.290 e. The molecule has 0 aliphatic heterocycles. The second-order valence-electron chi connectivity index (χ2n) is 3.58. The molecule has 1 heterocycles. The van der Waals surface area contributed by atoms with Crippen LogP contribution in [0.15, 0.2) is 4.79 Å². The normalized spacial score (nSPS) is 11.9. The first kappa shape index (κ1) is 11.8. The Morgan fingerprint density at radius 1 is 1.40 bits per heavy atom. The number of hydrogen-bond acceptors (Lipinski definition) is 4. The van der Waals surface area contributed by atoms with Crippen molar-refractivity contribution in [2.24, 2.45) is 7.05 Å². The van der Waals surface area contributed by atoms with Crippen molar-refractivity contribution in [2.45, 2.75) is 13.5 Å². The zero-order chi connectivity index (χ0) is 11.8. The zero-order valence-electron chi connectivity index (χ0n) is 9.02. The molecular formula is C8H15N3O3S. The van der Waals surface area contributed by atoms with Crippen LogP contribution in [0.1, 0.15) is 5.69 Å². The van der Waals surface area contributed by atoms with Crippen molar-refractivity contribution in [2.75, 3.05) is 17.7 Å². The molecule has 0 radical (unpaired) electrons. The third kappa shape index (κ3) is 2.41. The first-order chi connectivity index (χ1) is 6.74. The first-order valence-corrected chi connectivity index (χ1v) is 6.49. The van der Waals surface area contributed by atoms with Crippen molar-refractivity contribution in [3.63, 3.8) is 0 Å². The van der Waals surface area contributed by atoms with E-state index < -0.39 is 9.84 Å². The minimum atomic E-state index is -3.07. The number of nitrogens with two attached hydrogens (primary N) is 1. The molecule has 2 N–H and O–H groups in total. The average Bonchev–Trinajstić information content (AvgIpc) is 2.28. The van der Waals surface area contributed by atoms with Crippen LogP contribution in [-0.4, -0.2) is 29.8 Å². The Morgan fingerprint density at radius 3 is 2.27 bits per heavy atom. The van der Waals surface area contributed by atoms with Gasteiger partial charge in [-0.05, 0) is 6.92 Å². The lowest BCUT2D eigenvalue weighted by Crippen LogP contribution is -2.26. The molecule has 15 heavy (non-hydrogen) atoms. The molecule has 0 saturated carbocycles. The molecule has 6 nitrogen and oxygen atoms in total. The van der Waals surface area contributed by atoms with Gasteiger partial charge in [0, 0.05) is 13.3 Å². The summed E-state index contributed by atoms with van der Waals surface area (Å²) in [6.07, 6.45) is 1.14. The van der Waals surface area contributed by atoms with E-state index >= 15 is 0 Å². The maximum atomic E-state index is 11.5. The summed E-state index contributed by atoms with van der Waals surface area (Å²) in [6.45, 7) is 1.85. The highest BCUT2D eigenvalue weighted by atomic mass is 32.2. The van der Waals surface area contributed by atoms with Gasteiger partial charge in [-0.3, -0.25) is 9.48 Å². The van der Waals surface area contributed by atoms with Crippen molar-refractivity contribution in [3.05, 3.63) is 16.0 Å². The lowest BCUT2D eigenvalue weighted by molar-refractivity contribution is 0.506. The van der Waals surface area contributed by atoms with Crippen LogP contribution in [0.5, 0.6) is 0 Å². The van der Waals surface area contributed by atoms with E-state index in [9.17, 15) is 13.2 Å². The molecule has 0 unspecified atom stereocenters. The van der Waals surface area contributed by atoms with E-state index in [1.54, 1.807) is 18.7 Å². The second kappa shape index (κ2) is 3.73. The van der Waals surface area contributed by atoms with E-state index in [4.69, 9.17) is 5.73 Å². The molecule has 86 valence electrons. The summed E-state index contributed by atoms with van der Waals surface area (Å²) < 4.78 is 24.8. The fourth-order valence-corrected chi connectivity index (χ4v) is 1.79. The lowest BCUT2D eigenvalue weighted by Gasteiger charge is -2.06. The van der Waals surface area contributed by atoms with Crippen LogP contribution in [-0.2, 0) is 23.4 Å². The molecule has 0 aromatic carbocycles. The summed E-state index contributed by atoms with van der Waals surface area (Å²) in [4.78, 5) is 11.5. The molecule has 0 bridgehead atoms. The maximum absolute atomic E-state index is 11.5. The predicted molar refractivity (Wildman–Crippen MR) is 58.5 cm³/mol. The van der Waals surface area contributed by atoms with Gasteiger partial charge in [0.1, 0.15) is 15.5 Å². The van der Waals surface area contributed by atoms with Gasteiger partial charge in [0.05, 0.1) is 18.0 Å². The van der Waals surface area contributed by atoms with Crippen LogP contribution >= 0.6 is 0 Å². The number of aromatic nitrogens is 2. The minimum Gasteiger partial charge on any atom is -0.393 e. The monoisotopic (exact) mass is 233 g/mol. The van der Waals surface area contributed by atoms with Crippen LogP contribution in [0.3, 0.4) is 0 Å². The van der Waals surface area contributed by atoms with Crippen LogP contribution in [0.4, 0.5) is 5.69 Å². The summed E-state index contributed by atoms with van der Waals surface area (Å²) in [7, 11) is -1.40. The van der Waals surface area contributed by atoms with Gasteiger partial charge in [0.25, 0.3) is 5.56 Å². The third-order valence-corrected chi connectivity index (χ3v) is 3.30. The molecule has 1 rings (SSSR count). The Labute approximate surface area is 88.2 Å². The number of anilines is 1. The number of hydrogen-bond donors (Lipinski definition) is 1. The van der Waals surface area contributed by atoms with Crippen molar-refractivity contribution in [3.8, 4) is 0 Å². The van der Waals surface area contributed by atoms with Crippen LogP contribution in [0.25, 0.3) is 0 Å². The van der Waals surface area contributed by atoms with E-state index in [-0.39, 0.29) is 23.5 Å². The van der Waals surface area contributed by atoms with E-state index in [1.165, 1.54) is 4.68 Å².